The monoisotopic (exact) mass is 244 g/mol. The second kappa shape index (κ2) is 6.62. The quantitative estimate of drug-likeness (QED) is 0.688. The number of carbonyl (C=O) groups is 2. The summed E-state index contributed by atoms with van der Waals surface area (Å²) in [5.74, 6) is -2.96. The molecule has 0 aromatic rings. The van der Waals surface area contributed by atoms with Crippen LogP contribution in [0, 0.1) is 17.3 Å². The fourth-order valence-corrected chi connectivity index (χ4v) is 2.83. The molecular formula is C13H24O4. The molecule has 4 nitrogen and oxygen atoms in total. The maximum absolute atomic E-state index is 11.6. The molecule has 1 unspecified atom stereocenters. The van der Waals surface area contributed by atoms with E-state index in [2.05, 4.69) is 0 Å². The molecule has 0 rings (SSSR count). The van der Waals surface area contributed by atoms with Crippen molar-refractivity contribution in [3.8, 4) is 0 Å². The zero-order chi connectivity index (χ0) is 13.6. The van der Waals surface area contributed by atoms with Crippen molar-refractivity contribution in [1.82, 2.24) is 0 Å². The van der Waals surface area contributed by atoms with Crippen molar-refractivity contribution in [2.45, 2.75) is 53.4 Å². The van der Waals surface area contributed by atoms with Gasteiger partial charge in [-0.25, -0.2) is 0 Å². The van der Waals surface area contributed by atoms with Crippen LogP contribution < -0.4 is 0 Å². The predicted molar refractivity (Wildman–Crippen MR) is 65.8 cm³/mol. The minimum atomic E-state index is -1.12. The van der Waals surface area contributed by atoms with E-state index < -0.39 is 23.3 Å². The third-order valence-corrected chi connectivity index (χ3v) is 3.35. The molecular weight excluding hydrogens is 220 g/mol. The maximum atomic E-state index is 11.6. The summed E-state index contributed by atoms with van der Waals surface area (Å²) < 4.78 is 0. The van der Waals surface area contributed by atoms with Gasteiger partial charge in [0.15, 0.2) is 0 Å². The molecule has 0 fully saturated rings. The summed E-state index contributed by atoms with van der Waals surface area (Å²) in [5, 5.41) is 18.8. The second-order valence-electron chi connectivity index (χ2n) is 5.02. The van der Waals surface area contributed by atoms with E-state index in [9.17, 15) is 19.8 Å². The van der Waals surface area contributed by atoms with Gasteiger partial charge < -0.3 is 10.2 Å². The molecule has 17 heavy (non-hydrogen) atoms. The Bertz CT molecular complexity index is 265. The van der Waals surface area contributed by atoms with Crippen LogP contribution in [0.2, 0.25) is 0 Å². The van der Waals surface area contributed by atoms with Gasteiger partial charge in [-0.2, -0.15) is 0 Å². The third-order valence-electron chi connectivity index (χ3n) is 3.35. The molecule has 100 valence electrons. The summed E-state index contributed by atoms with van der Waals surface area (Å²) in [6.07, 6.45) is 2.21. The number of carboxylic acid groups (broad SMARTS) is 2. The van der Waals surface area contributed by atoms with E-state index in [4.69, 9.17) is 0 Å². The topological polar surface area (TPSA) is 74.6 Å². The summed E-state index contributed by atoms with van der Waals surface area (Å²) in [4.78, 5) is 23.0. The first kappa shape index (κ1) is 15.9. The number of hydrogen-bond acceptors (Lipinski definition) is 2. The van der Waals surface area contributed by atoms with Gasteiger partial charge in [0.2, 0.25) is 0 Å². The predicted octanol–water partition coefficient (Wildman–Crippen LogP) is 3.01. The molecule has 0 amide bonds. The molecule has 0 bridgehead atoms. The molecule has 0 heterocycles. The van der Waals surface area contributed by atoms with Crippen molar-refractivity contribution in [1.29, 1.82) is 0 Å². The Morgan fingerprint density at radius 1 is 1.06 bits per heavy atom. The smallest absolute Gasteiger partial charge is 0.310 e. The molecule has 0 saturated carbocycles. The van der Waals surface area contributed by atoms with Gasteiger partial charge in [-0.05, 0) is 18.8 Å². The lowest BCUT2D eigenvalue weighted by molar-refractivity contribution is -0.166. The maximum Gasteiger partial charge on any atom is 0.310 e. The number of carboxylic acids is 2. The molecule has 2 N–H and O–H groups in total. The molecule has 0 aromatic carbocycles. The molecule has 0 aliphatic heterocycles. The summed E-state index contributed by atoms with van der Waals surface area (Å²) in [6.45, 7) is 7.35. The average molecular weight is 244 g/mol. The van der Waals surface area contributed by atoms with E-state index in [1.807, 2.05) is 13.8 Å². The number of rotatable bonds is 8. The lowest BCUT2D eigenvalue weighted by Crippen LogP contribution is -2.45. The molecule has 4 heteroatoms. The van der Waals surface area contributed by atoms with Crippen LogP contribution in [-0.2, 0) is 9.59 Å². The second-order valence-corrected chi connectivity index (χ2v) is 5.02. The normalized spacial score (nSPS) is 13.7. The van der Waals surface area contributed by atoms with Crippen LogP contribution in [-0.4, -0.2) is 22.2 Å². The first-order valence-electron chi connectivity index (χ1n) is 6.29. The first-order valence-corrected chi connectivity index (χ1v) is 6.29. The zero-order valence-corrected chi connectivity index (χ0v) is 11.2. The van der Waals surface area contributed by atoms with E-state index in [1.54, 1.807) is 13.8 Å². The van der Waals surface area contributed by atoms with Crippen LogP contribution >= 0.6 is 0 Å². The fraction of sp³-hybridized carbons (Fsp3) is 0.846. The molecule has 1 atom stereocenters. The Morgan fingerprint density at radius 3 is 1.65 bits per heavy atom. The molecule has 0 aromatic heterocycles. The van der Waals surface area contributed by atoms with Crippen molar-refractivity contribution in [3.05, 3.63) is 0 Å². The molecule has 0 saturated heterocycles. The van der Waals surface area contributed by atoms with Crippen LogP contribution in [0.1, 0.15) is 53.4 Å². The van der Waals surface area contributed by atoms with Crippen molar-refractivity contribution < 1.29 is 19.8 Å². The van der Waals surface area contributed by atoms with Gasteiger partial charge in [0, 0.05) is 0 Å². The van der Waals surface area contributed by atoms with Gasteiger partial charge >= 0.3 is 11.9 Å². The lowest BCUT2D eigenvalue weighted by Gasteiger charge is -2.36. The Labute approximate surface area is 103 Å². The Hall–Kier alpha value is -1.06. The van der Waals surface area contributed by atoms with Gasteiger partial charge in [-0.1, -0.05) is 40.5 Å². The van der Waals surface area contributed by atoms with E-state index >= 15 is 0 Å². The van der Waals surface area contributed by atoms with Crippen molar-refractivity contribution in [2.75, 3.05) is 0 Å². The van der Waals surface area contributed by atoms with E-state index in [0.717, 1.165) is 0 Å². The van der Waals surface area contributed by atoms with Crippen LogP contribution in [0.3, 0.4) is 0 Å². The highest BCUT2D eigenvalue weighted by Gasteiger charge is 2.49. The van der Waals surface area contributed by atoms with Gasteiger partial charge in [0.25, 0.3) is 0 Å². The molecule has 0 spiro atoms. The van der Waals surface area contributed by atoms with Crippen LogP contribution in [0.4, 0.5) is 0 Å². The van der Waals surface area contributed by atoms with Crippen molar-refractivity contribution >= 4 is 11.9 Å². The van der Waals surface area contributed by atoms with Gasteiger partial charge in [0.1, 0.15) is 0 Å². The Morgan fingerprint density at radius 2 is 1.47 bits per heavy atom. The fourth-order valence-electron chi connectivity index (χ4n) is 2.83. The minimum absolute atomic E-state index is 0.179. The SMILES string of the molecule is CCCC(CCC)(C(=O)O)C(C(=O)O)C(C)C. The van der Waals surface area contributed by atoms with E-state index in [-0.39, 0.29) is 5.92 Å². The van der Waals surface area contributed by atoms with Gasteiger partial charge in [0.05, 0.1) is 11.3 Å². The summed E-state index contributed by atoms with van der Waals surface area (Å²) in [5.41, 5.74) is -1.12. The van der Waals surface area contributed by atoms with Gasteiger partial charge in [-0.3, -0.25) is 9.59 Å². The molecule has 0 aliphatic rings. The van der Waals surface area contributed by atoms with E-state index in [0.29, 0.717) is 25.7 Å². The lowest BCUT2D eigenvalue weighted by atomic mass is 9.65. The van der Waals surface area contributed by atoms with Crippen molar-refractivity contribution in [3.63, 3.8) is 0 Å². The highest BCUT2D eigenvalue weighted by molar-refractivity contribution is 5.83. The van der Waals surface area contributed by atoms with E-state index in [1.165, 1.54) is 0 Å². The Balaban J connectivity index is 5.50. The average Bonchev–Trinajstić information content (AvgIpc) is 2.16. The Kier molecular flexibility index (Phi) is 6.21. The van der Waals surface area contributed by atoms with Crippen LogP contribution in [0.25, 0.3) is 0 Å². The number of hydrogen-bond donors (Lipinski definition) is 2. The number of aliphatic carboxylic acids is 2. The van der Waals surface area contributed by atoms with Crippen LogP contribution in [0.5, 0.6) is 0 Å². The zero-order valence-electron chi connectivity index (χ0n) is 11.2. The highest BCUT2D eigenvalue weighted by Crippen LogP contribution is 2.42. The standard InChI is InChI=1S/C13H24O4/c1-5-7-13(8-6-2,12(16)17)10(9(3)4)11(14)15/h9-10H,5-8H2,1-4H3,(H,14,15)(H,16,17). The first-order chi connectivity index (χ1) is 7.83. The molecule has 0 aliphatic carbocycles. The van der Waals surface area contributed by atoms with Crippen LogP contribution in [0.15, 0.2) is 0 Å². The third kappa shape index (κ3) is 3.45. The summed E-state index contributed by atoms with van der Waals surface area (Å²) in [7, 11) is 0. The largest absolute Gasteiger partial charge is 0.481 e. The van der Waals surface area contributed by atoms with Crippen molar-refractivity contribution in [2.24, 2.45) is 17.3 Å². The highest BCUT2D eigenvalue weighted by atomic mass is 16.4. The van der Waals surface area contributed by atoms with Gasteiger partial charge in [-0.15, -0.1) is 0 Å². The summed E-state index contributed by atoms with van der Waals surface area (Å²) in [6, 6.07) is 0. The minimum Gasteiger partial charge on any atom is -0.481 e. The summed E-state index contributed by atoms with van der Waals surface area (Å²) >= 11 is 0. The molecule has 0 radical (unpaired) electrons.